The minimum atomic E-state index is -0.558. The Morgan fingerprint density at radius 1 is 1.78 bits per heavy atom. The standard InChI is InChI=1S/C2H9N3O4/c1-4(6)8-3-9-5(2)7/h3-4,7H,1-2H3. The number of nitrogens with one attached hydrogen (secondary N) is 2. The van der Waals surface area contributed by atoms with E-state index in [-0.39, 0.29) is 0 Å². The van der Waals surface area contributed by atoms with Gasteiger partial charge in [-0.3, -0.25) is 5.21 Å². The van der Waals surface area contributed by atoms with Crippen LogP contribution in [0.1, 0.15) is 0 Å². The van der Waals surface area contributed by atoms with Gasteiger partial charge in [-0.05, 0) is 10.9 Å². The number of hydrogen-bond acceptors (Lipinski definition) is 6. The second-order valence-electron chi connectivity index (χ2n) is 1.23. The Morgan fingerprint density at radius 2 is 2.33 bits per heavy atom. The molecule has 0 amide bonds. The Kier molecular flexibility index (Phi) is 4.44. The fourth-order valence-corrected chi connectivity index (χ4v) is 0.131. The van der Waals surface area contributed by atoms with Crippen LogP contribution >= 0.6 is 0 Å². The van der Waals surface area contributed by atoms with E-state index >= 15 is 0 Å². The lowest BCUT2D eigenvalue weighted by atomic mass is 11.5. The maximum atomic E-state index is 9.96. The fourth-order valence-electron chi connectivity index (χ4n) is 0.131. The number of hydrogen-bond donors (Lipinski definition) is 3. The monoisotopic (exact) mass is 139 g/mol. The molecule has 3 N–H and O–H groups in total. The molecule has 0 saturated carbocycles. The highest BCUT2D eigenvalue weighted by Gasteiger charge is 1.90. The van der Waals surface area contributed by atoms with Gasteiger partial charge in [0.2, 0.25) is 0 Å². The molecule has 0 fully saturated rings. The molecule has 1 atom stereocenters. The van der Waals surface area contributed by atoms with E-state index in [2.05, 4.69) is 9.88 Å². The first-order valence-electron chi connectivity index (χ1n) is 2.15. The van der Waals surface area contributed by atoms with Crippen LogP contribution < -0.4 is 10.9 Å². The Balaban J connectivity index is 2.91. The molecule has 0 aliphatic rings. The molecule has 0 aliphatic heterocycles. The molecule has 0 heterocycles. The topological polar surface area (TPSA) is 81.5 Å². The lowest BCUT2D eigenvalue weighted by Crippen LogP contribution is -3.04. The van der Waals surface area contributed by atoms with Crippen LogP contribution in [0.25, 0.3) is 0 Å². The fraction of sp³-hybridized carbons (Fsp3) is 1.00. The Hall–Kier alpha value is -0.280. The summed E-state index contributed by atoms with van der Waals surface area (Å²) in [5, 5.41) is 18.0. The zero-order valence-electron chi connectivity index (χ0n) is 5.12. The van der Waals surface area contributed by atoms with Gasteiger partial charge in [0.05, 0.1) is 7.05 Å². The van der Waals surface area contributed by atoms with Crippen LogP contribution in [-0.4, -0.2) is 24.5 Å². The maximum Gasteiger partial charge on any atom is 0.0983 e. The van der Waals surface area contributed by atoms with E-state index in [1.807, 2.05) is 0 Å². The third-order valence-corrected chi connectivity index (χ3v) is 0.355. The number of quaternary nitrogens is 1. The Bertz CT molecular complexity index is 58.8. The summed E-state index contributed by atoms with van der Waals surface area (Å²) in [6, 6.07) is 0. The minimum Gasteiger partial charge on any atom is -0.598 e. The van der Waals surface area contributed by atoms with Gasteiger partial charge in [-0.1, -0.05) is 4.94 Å². The van der Waals surface area contributed by atoms with E-state index in [9.17, 15) is 5.21 Å². The van der Waals surface area contributed by atoms with Crippen LogP contribution in [0, 0.1) is 5.21 Å². The molecule has 0 aromatic heterocycles. The quantitative estimate of drug-likeness (QED) is 0.377. The molecule has 7 heteroatoms. The van der Waals surface area contributed by atoms with Crippen LogP contribution in [-0.2, 0) is 9.88 Å². The molecule has 0 rings (SSSR count). The molecule has 0 aliphatic carbocycles. The molecule has 0 bridgehead atoms. The average molecular weight is 139 g/mol. The Morgan fingerprint density at radius 3 is 2.67 bits per heavy atom. The van der Waals surface area contributed by atoms with E-state index < -0.39 is 5.23 Å². The van der Waals surface area contributed by atoms with Gasteiger partial charge in [-0.2, -0.15) is 4.94 Å². The summed E-state index contributed by atoms with van der Waals surface area (Å²) in [7, 11) is 2.39. The van der Waals surface area contributed by atoms with Gasteiger partial charge in [-0.15, -0.1) is 0 Å². The van der Waals surface area contributed by atoms with Crippen molar-refractivity contribution in [3.8, 4) is 0 Å². The van der Waals surface area contributed by atoms with Crippen LogP contribution in [0.15, 0.2) is 0 Å². The van der Waals surface area contributed by atoms with E-state index in [1.54, 1.807) is 5.64 Å². The highest BCUT2D eigenvalue weighted by atomic mass is 17.1. The molecule has 0 spiro atoms. The molecule has 0 aromatic carbocycles. The van der Waals surface area contributed by atoms with E-state index in [1.165, 1.54) is 14.1 Å². The first kappa shape index (κ1) is 8.72. The van der Waals surface area contributed by atoms with Crippen molar-refractivity contribution >= 4 is 0 Å². The lowest BCUT2D eigenvalue weighted by Gasteiger charge is -2.13. The highest BCUT2D eigenvalue weighted by molar-refractivity contribution is 3.82. The smallest absolute Gasteiger partial charge is 0.0983 e. The highest BCUT2D eigenvalue weighted by Crippen LogP contribution is 1.65. The first-order valence-corrected chi connectivity index (χ1v) is 2.15. The van der Waals surface area contributed by atoms with Crippen LogP contribution in [0.3, 0.4) is 0 Å². The van der Waals surface area contributed by atoms with Gasteiger partial charge in [0, 0.05) is 7.05 Å². The molecular weight excluding hydrogens is 130 g/mol. The third-order valence-electron chi connectivity index (χ3n) is 0.355. The molecule has 0 radical (unpaired) electrons. The summed E-state index contributed by atoms with van der Waals surface area (Å²) in [6.45, 7) is 0. The van der Waals surface area contributed by atoms with Crippen molar-refractivity contribution in [2.24, 2.45) is 0 Å². The SMILES string of the molecule is CN(O)ONO[NH+](C)[O-]. The van der Waals surface area contributed by atoms with Gasteiger partial charge in [0.15, 0.2) is 0 Å². The third kappa shape index (κ3) is 7.72. The van der Waals surface area contributed by atoms with Crippen molar-refractivity contribution in [3.63, 3.8) is 0 Å². The summed E-state index contributed by atoms with van der Waals surface area (Å²) < 4.78 is 0. The van der Waals surface area contributed by atoms with Crippen LogP contribution in [0.4, 0.5) is 0 Å². The van der Waals surface area contributed by atoms with Crippen molar-refractivity contribution in [2.75, 3.05) is 14.1 Å². The summed E-state index contributed by atoms with van der Waals surface area (Å²) in [4.78, 5) is 8.09. The van der Waals surface area contributed by atoms with E-state index in [4.69, 9.17) is 5.21 Å². The van der Waals surface area contributed by atoms with Crippen molar-refractivity contribution in [2.45, 2.75) is 0 Å². The molecule has 0 saturated heterocycles. The summed E-state index contributed by atoms with van der Waals surface area (Å²) >= 11 is 0. The zero-order chi connectivity index (χ0) is 7.28. The zero-order valence-corrected chi connectivity index (χ0v) is 5.12. The average Bonchev–Trinajstić information content (AvgIpc) is 1.63. The molecule has 0 aromatic rings. The largest absolute Gasteiger partial charge is 0.598 e. The maximum absolute atomic E-state index is 9.96. The summed E-state index contributed by atoms with van der Waals surface area (Å²) in [6.07, 6.45) is 0. The van der Waals surface area contributed by atoms with Crippen molar-refractivity contribution in [1.82, 2.24) is 10.9 Å². The van der Waals surface area contributed by atoms with Gasteiger partial charge < -0.3 is 5.21 Å². The summed E-state index contributed by atoms with van der Waals surface area (Å²) in [5.74, 6) is 0. The molecule has 56 valence electrons. The van der Waals surface area contributed by atoms with E-state index in [0.717, 1.165) is 0 Å². The summed E-state index contributed by atoms with van der Waals surface area (Å²) in [5.41, 5.74) is 1.71. The second-order valence-corrected chi connectivity index (χ2v) is 1.23. The number of hydroxylamine groups is 4. The first-order chi connectivity index (χ1) is 4.13. The number of nitrogens with zero attached hydrogens (tertiary/aromatic N) is 1. The van der Waals surface area contributed by atoms with Gasteiger partial charge in [-0.25, -0.2) is 5.23 Å². The normalized spacial score (nSPS) is 14.3. The van der Waals surface area contributed by atoms with E-state index in [0.29, 0.717) is 5.23 Å². The molecule has 1 unspecified atom stereocenters. The predicted molar refractivity (Wildman–Crippen MR) is 25.1 cm³/mol. The van der Waals surface area contributed by atoms with Gasteiger partial charge >= 0.3 is 0 Å². The lowest BCUT2D eigenvalue weighted by molar-refractivity contribution is -1.06. The van der Waals surface area contributed by atoms with Gasteiger partial charge in [0.25, 0.3) is 0 Å². The Labute approximate surface area is 51.7 Å². The predicted octanol–water partition coefficient (Wildman–Crippen LogP) is -2.40. The molecular formula is C2H9N3O4. The van der Waals surface area contributed by atoms with Crippen LogP contribution in [0.2, 0.25) is 0 Å². The molecule has 7 nitrogen and oxygen atoms in total. The minimum absolute atomic E-state index is 0.350. The van der Waals surface area contributed by atoms with Crippen molar-refractivity contribution < 1.29 is 20.3 Å². The van der Waals surface area contributed by atoms with Crippen molar-refractivity contribution in [1.29, 1.82) is 0 Å². The number of rotatable bonds is 4. The van der Waals surface area contributed by atoms with Crippen LogP contribution in [0.5, 0.6) is 0 Å². The molecule has 9 heavy (non-hydrogen) atoms. The van der Waals surface area contributed by atoms with Gasteiger partial charge in [0.1, 0.15) is 0 Å². The van der Waals surface area contributed by atoms with Crippen molar-refractivity contribution in [3.05, 3.63) is 5.21 Å². The second kappa shape index (κ2) is 4.58.